The first-order valence-corrected chi connectivity index (χ1v) is 10.5. The van der Waals surface area contributed by atoms with E-state index >= 15 is 0 Å². The molecule has 0 bridgehead atoms. The molecule has 2 heterocycles. The Balaban J connectivity index is 1.97. The lowest BCUT2D eigenvalue weighted by molar-refractivity contribution is 0.0983. The topological polar surface area (TPSA) is 104 Å². The highest BCUT2D eigenvalue weighted by Gasteiger charge is 2.21. The van der Waals surface area contributed by atoms with Crippen LogP contribution in [-0.4, -0.2) is 59.8 Å². The van der Waals surface area contributed by atoms with Gasteiger partial charge < -0.3 is 20.9 Å². The summed E-state index contributed by atoms with van der Waals surface area (Å²) in [5, 5.41) is 3.28. The number of carbonyl (C=O) groups is 2. The number of rotatable bonds is 7. The summed E-state index contributed by atoms with van der Waals surface area (Å²) in [6, 6.07) is 5.57. The molecule has 1 aliphatic rings. The van der Waals surface area contributed by atoms with Crippen molar-refractivity contribution in [3.63, 3.8) is 0 Å². The van der Waals surface area contributed by atoms with E-state index in [0.717, 1.165) is 31.9 Å². The third kappa shape index (κ3) is 4.71. The number of hydrogen-bond acceptors (Lipinski definition) is 7. The lowest BCUT2D eigenvalue weighted by Gasteiger charge is -2.35. The Morgan fingerprint density at radius 3 is 2.47 bits per heavy atom. The van der Waals surface area contributed by atoms with Gasteiger partial charge in [0.25, 0.3) is 5.91 Å². The third-order valence-electron chi connectivity index (χ3n) is 5.21. The summed E-state index contributed by atoms with van der Waals surface area (Å²) in [4.78, 5) is 37.6. The molecule has 1 aliphatic heterocycles. The molecule has 1 saturated heterocycles. The number of aryl methyl sites for hydroxylation is 1. The highest BCUT2D eigenvalue weighted by Crippen LogP contribution is 2.29. The van der Waals surface area contributed by atoms with Crippen molar-refractivity contribution in [3.8, 4) is 0 Å². The van der Waals surface area contributed by atoms with Crippen molar-refractivity contribution in [1.82, 2.24) is 14.9 Å². The quantitative estimate of drug-likeness (QED) is 0.650. The number of nitrogens with one attached hydrogen (secondary N) is 1. The van der Waals surface area contributed by atoms with Crippen LogP contribution in [0.15, 0.2) is 18.2 Å². The van der Waals surface area contributed by atoms with Crippen LogP contribution in [0.3, 0.4) is 0 Å². The molecular weight excluding hydrogens is 404 g/mol. The summed E-state index contributed by atoms with van der Waals surface area (Å²) in [5.74, 6) is -0.477. The second-order valence-electron chi connectivity index (χ2n) is 7.30. The molecule has 3 N–H and O–H groups in total. The van der Waals surface area contributed by atoms with Crippen molar-refractivity contribution in [2.75, 3.05) is 43.4 Å². The first-order valence-electron chi connectivity index (χ1n) is 10.1. The Kier molecular flexibility index (Phi) is 6.89. The van der Waals surface area contributed by atoms with Gasteiger partial charge in [0.15, 0.2) is 22.4 Å². The van der Waals surface area contributed by atoms with Crippen LogP contribution in [-0.2, 0) is 6.42 Å². The Bertz CT molecular complexity index is 957. The number of amides is 1. The summed E-state index contributed by atoms with van der Waals surface area (Å²) in [5.41, 5.74) is 8.17. The van der Waals surface area contributed by atoms with E-state index in [9.17, 15) is 9.59 Å². The van der Waals surface area contributed by atoms with Gasteiger partial charge in [0.2, 0.25) is 0 Å². The maximum absolute atomic E-state index is 12.7. The number of primary amides is 1. The van der Waals surface area contributed by atoms with Crippen LogP contribution in [0, 0.1) is 0 Å². The number of aromatic nitrogens is 2. The normalized spacial score (nSPS) is 14.6. The monoisotopic (exact) mass is 430 g/mol. The zero-order valence-corrected chi connectivity index (χ0v) is 18.3. The highest BCUT2D eigenvalue weighted by atomic mass is 35.5. The van der Waals surface area contributed by atoms with E-state index in [1.807, 2.05) is 26.0 Å². The number of benzene rings is 1. The molecule has 0 saturated carbocycles. The van der Waals surface area contributed by atoms with E-state index in [2.05, 4.69) is 32.1 Å². The number of ketones is 1. The summed E-state index contributed by atoms with van der Waals surface area (Å²) >= 11 is 6.18. The predicted molar refractivity (Wildman–Crippen MR) is 119 cm³/mol. The second-order valence-corrected chi connectivity index (χ2v) is 7.66. The van der Waals surface area contributed by atoms with E-state index in [4.69, 9.17) is 17.3 Å². The number of likely N-dealkylation sites (N-methyl/N-ethyl adjacent to an activating group) is 1. The summed E-state index contributed by atoms with van der Waals surface area (Å²) in [7, 11) is 2.09. The maximum Gasteiger partial charge on any atom is 0.271 e. The molecule has 2 aromatic rings. The number of hydrogen-bond donors (Lipinski definition) is 2. The van der Waals surface area contributed by atoms with Crippen LogP contribution < -0.4 is 16.0 Å². The van der Waals surface area contributed by atoms with Crippen molar-refractivity contribution < 1.29 is 9.59 Å². The standard InChI is InChI=1S/C21H27ClN6O2/c1-4-15-19(22)26-21(18(25-15)20(23)30)24-13-6-7-16(14(12-13)17(29)5-2)28-10-8-27(3)9-11-28/h6-7,12H,4-5,8-11H2,1-3H3,(H2,23,30)(H,24,26). The fourth-order valence-corrected chi connectivity index (χ4v) is 3.68. The minimum Gasteiger partial charge on any atom is -0.368 e. The molecule has 1 fully saturated rings. The number of nitrogens with two attached hydrogens (primary N) is 1. The van der Waals surface area contributed by atoms with E-state index in [1.165, 1.54) is 0 Å². The molecule has 0 atom stereocenters. The molecule has 0 aliphatic carbocycles. The molecule has 3 rings (SSSR count). The van der Waals surface area contributed by atoms with E-state index in [0.29, 0.717) is 29.8 Å². The zero-order valence-electron chi connectivity index (χ0n) is 17.5. The van der Waals surface area contributed by atoms with Crippen molar-refractivity contribution in [2.24, 2.45) is 5.73 Å². The van der Waals surface area contributed by atoms with Gasteiger partial charge in [0, 0.05) is 49.5 Å². The smallest absolute Gasteiger partial charge is 0.271 e. The van der Waals surface area contributed by atoms with E-state index in [1.54, 1.807) is 6.07 Å². The molecule has 8 nitrogen and oxygen atoms in total. The van der Waals surface area contributed by atoms with Gasteiger partial charge in [-0.2, -0.15) is 0 Å². The molecule has 160 valence electrons. The number of piperazine rings is 1. The van der Waals surface area contributed by atoms with Gasteiger partial charge in [0.05, 0.1) is 5.69 Å². The minimum atomic E-state index is -0.699. The maximum atomic E-state index is 12.7. The van der Waals surface area contributed by atoms with Crippen molar-refractivity contribution in [2.45, 2.75) is 26.7 Å². The van der Waals surface area contributed by atoms with Gasteiger partial charge in [0.1, 0.15) is 0 Å². The van der Waals surface area contributed by atoms with Crippen LogP contribution in [0.1, 0.15) is 46.8 Å². The molecule has 0 spiro atoms. The van der Waals surface area contributed by atoms with Crippen LogP contribution in [0.5, 0.6) is 0 Å². The van der Waals surface area contributed by atoms with E-state index < -0.39 is 5.91 Å². The first-order chi connectivity index (χ1) is 14.3. The number of Topliss-reactive ketones (excluding diaryl/α,β-unsaturated/α-hetero) is 1. The summed E-state index contributed by atoms with van der Waals surface area (Å²) in [6.07, 6.45) is 0.925. The molecule has 30 heavy (non-hydrogen) atoms. The van der Waals surface area contributed by atoms with Crippen molar-refractivity contribution >= 4 is 40.5 Å². The largest absolute Gasteiger partial charge is 0.368 e. The van der Waals surface area contributed by atoms with Gasteiger partial charge >= 0.3 is 0 Å². The van der Waals surface area contributed by atoms with Gasteiger partial charge in [-0.25, -0.2) is 9.97 Å². The average Bonchev–Trinajstić information content (AvgIpc) is 2.73. The molecule has 9 heteroatoms. The van der Waals surface area contributed by atoms with Crippen molar-refractivity contribution in [3.05, 3.63) is 40.3 Å². The fourth-order valence-electron chi connectivity index (χ4n) is 3.42. The van der Waals surface area contributed by atoms with Gasteiger partial charge in [-0.05, 0) is 31.7 Å². The highest BCUT2D eigenvalue weighted by molar-refractivity contribution is 6.30. The molecule has 0 unspecified atom stereocenters. The SMILES string of the molecule is CCC(=O)c1cc(Nc2nc(Cl)c(CC)nc2C(N)=O)ccc1N1CCN(C)CC1. The lowest BCUT2D eigenvalue weighted by atomic mass is 10.0. The van der Waals surface area contributed by atoms with Crippen molar-refractivity contribution in [1.29, 1.82) is 0 Å². The van der Waals surface area contributed by atoms with Crippen LogP contribution in [0.4, 0.5) is 17.2 Å². The minimum absolute atomic E-state index is 0.0164. The number of halogens is 1. The molecule has 0 radical (unpaired) electrons. The summed E-state index contributed by atoms with van der Waals surface area (Å²) < 4.78 is 0. The number of anilines is 3. The fraction of sp³-hybridized carbons (Fsp3) is 0.429. The summed E-state index contributed by atoms with van der Waals surface area (Å²) in [6.45, 7) is 7.32. The number of carbonyl (C=O) groups excluding carboxylic acids is 2. The van der Waals surface area contributed by atoms with Crippen LogP contribution >= 0.6 is 11.6 Å². The average molecular weight is 431 g/mol. The first kappa shape index (κ1) is 22.0. The Morgan fingerprint density at radius 2 is 1.87 bits per heavy atom. The van der Waals surface area contributed by atoms with Crippen LogP contribution in [0.25, 0.3) is 0 Å². The van der Waals surface area contributed by atoms with Gasteiger partial charge in [-0.15, -0.1) is 0 Å². The zero-order chi connectivity index (χ0) is 21.8. The predicted octanol–water partition coefficient (Wildman–Crippen LogP) is 2.88. The number of nitrogens with zero attached hydrogens (tertiary/aromatic N) is 4. The van der Waals surface area contributed by atoms with Crippen LogP contribution in [0.2, 0.25) is 5.15 Å². The van der Waals surface area contributed by atoms with Gasteiger partial charge in [-0.1, -0.05) is 25.4 Å². The molecule has 1 aromatic carbocycles. The molecule has 1 amide bonds. The Labute approximate surface area is 181 Å². The second kappa shape index (κ2) is 9.40. The Hall–Kier alpha value is -2.71. The Morgan fingerprint density at radius 1 is 1.17 bits per heavy atom. The van der Waals surface area contributed by atoms with E-state index in [-0.39, 0.29) is 22.4 Å². The molecular formula is C21H27ClN6O2. The lowest BCUT2D eigenvalue weighted by Crippen LogP contribution is -2.45. The third-order valence-corrected chi connectivity index (χ3v) is 5.51. The molecule has 1 aromatic heterocycles. The van der Waals surface area contributed by atoms with Gasteiger partial charge in [-0.3, -0.25) is 9.59 Å².